The summed E-state index contributed by atoms with van der Waals surface area (Å²) in [4.78, 5) is 2.30. The van der Waals surface area contributed by atoms with Crippen LogP contribution in [0.4, 0.5) is 0 Å². The van der Waals surface area contributed by atoms with Crippen molar-refractivity contribution in [2.24, 2.45) is 0 Å². The molecule has 0 amide bonds. The van der Waals surface area contributed by atoms with Crippen molar-refractivity contribution in [2.75, 3.05) is 6.54 Å². The highest BCUT2D eigenvalue weighted by Crippen LogP contribution is 2.15. The molecule has 0 unspecified atom stereocenters. The summed E-state index contributed by atoms with van der Waals surface area (Å²) < 4.78 is 11.0. The molecule has 0 aliphatic carbocycles. The predicted molar refractivity (Wildman–Crippen MR) is 79.2 cm³/mol. The normalized spacial score (nSPS) is 11.7. The Morgan fingerprint density at radius 3 is 2.65 bits per heavy atom. The van der Waals surface area contributed by atoms with E-state index in [0.29, 0.717) is 6.04 Å². The molecule has 0 atom stereocenters. The molecule has 2 heterocycles. The van der Waals surface area contributed by atoms with E-state index in [1.807, 2.05) is 18.2 Å². The molecular weight excluding hydrogens is 252 g/mol. The summed E-state index contributed by atoms with van der Waals surface area (Å²) in [5, 5.41) is 3.43. The number of hydrogen-bond donors (Lipinski definition) is 1. The second-order valence-corrected chi connectivity index (χ2v) is 5.29. The lowest BCUT2D eigenvalue weighted by Crippen LogP contribution is -2.25. The fourth-order valence-electron chi connectivity index (χ4n) is 2.08. The van der Waals surface area contributed by atoms with Crippen molar-refractivity contribution in [3.05, 3.63) is 47.8 Å². The van der Waals surface area contributed by atoms with Gasteiger partial charge in [0.1, 0.15) is 11.5 Å². The molecule has 0 saturated carbocycles. The number of furan rings is 2. The minimum atomic E-state index is 0.475. The van der Waals surface area contributed by atoms with Crippen LogP contribution < -0.4 is 5.32 Å². The summed E-state index contributed by atoms with van der Waals surface area (Å²) >= 11 is 0. The number of nitrogens with one attached hydrogen (secondary N) is 1. The molecule has 0 radical (unpaired) electrons. The summed E-state index contributed by atoms with van der Waals surface area (Å²) in [7, 11) is 0. The second-order valence-electron chi connectivity index (χ2n) is 5.29. The first-order chi connectivity index (χ1) is 9.69. The molecule has 4 heteroatoms. The Morgan fingerprint density at radius 2 is 2.00 bits per heavy atom. The van der Waals surface area contributed by atoms with Crippen molar-refractivity contribution < 1.29 is 8.83 Å². The Labute approximate surface area is 120 Å². The van der Waals surface area contributed by atoms with Crippen LogP contribution in [0.2, 0.25) is 0 Å². The third-order valence-electron chi connectivity index (χ3n) is 3.31. The lowest BCUT2D eigenvalue weighted by molar-refractivity contribution is 0.227. The summed E-state index contributed by atoms with van der Waals surface area (Å²) in [5.41, 5.74) is 1.23. The minimum Gasteiger partial charge on any atom is -0.468 e. The average molecular weight is 276 g/mol. The van der Waals surface area contributed by atoms with Crippen LogP contribution in [0, 0.1) is 0 Å². The average Bonchev–Trinajstić information content (AvgIpc) is 3.07. The summed E-state index contributed by atoms with van der Waals surface area (Å²) in [6.45, 7) is 9.86. The van der Waals surface area contributed by atoms with E-state index < -0.39 is 0 Å². The Hall–Kier alpha value is -1.52. The molecule has 0 spiro atoms. The fraction of sp³-hybridized carbons (Fsp3) is 0.500. The van der Waals surface area contributed by atoms with E-state index in [4.69, 9.17) is 8.83 Å². The molecule has 110 valence electrons. The maximum Gasteiger partial charge on any atom is 0.122 e. The van der Waals surface area contributed by atoms with E-state index in [1.165, 1.54) is 5.56 Å². The van der Waals surface area contributed by atoms with E-state index in [-0.39, 0.29) is 0 Å². The summed E-state index contributed by atoms with van der Waals surface area (Å²) in [6, 6.07) is 6.45. The van der Waals surface area contributed by atoms with Crippen molar-refractivity contribution >= 4 is 0 Å². The van der Waals surface area contributed by atoms with Crippen LogP contribution >= 0.6 is 0 Å². The van der Waals surface area contributed by atoms with Crippen molar-refractivity contribution in [3.63, 3.8) is 0 Å². The third-order valence-corrected chi connectivity index (χ3v) is 3.31. The Kier molecular flexibility index (Phi) is 5.44. The first kappa shape index (κ1) is 14.9. The highest BCUT2D eigenvalue weighted by atomic mass is 16.3. The van der Waals surface area contributed by atoms with E-state index in [1.54, 1.807) is 12.5 Å². The molecule has 20 heavy (non-hydrogen) atoms. The highest BCUT2D eigenvalue weighted by Gasteiger charge is 2.12. The van der Waals surface area contributed by atoms with Gasteiger partial charge in [-0.05, 0) is 24.7 Å². The molecule has 2 aromatic heterocycles. The van der Waals surface area contributed by atoms with Gasteiger partial charge in [0.2, 0.25) is 0 Å². The van der Waals surface area contributed by atoms with Gasteiger partial charge in [-0.3, -0.25) is 4.90 Å². The van der Waals surface area contributed by atoms with E-state index in [9.17, 15) is 0 Å². The lowest BCUT2D eigenvalue weighted by atomic mass is 10.2. The van der Waals surface area contributed by atoms with Crippen molar-refractivity contribution in [1.82, 2.24) is 10.2 Å². The van der Waals surface area contributed by atoms with Crippen LogP contribution in [-0.4, -0.2) is 17.5 Å². The zero-order valence-electron chi connectivity index (χ0n) is 12.6. The van der Waals surface area contributed by atoms with Gasteiger partial charge in [0, 0.05) is 18.2 Å². The van der Waals surface area contributed by atoms with Crippen LogP contribution in [0.15, 0.2) is 39.6 Å². The van der Waals surface area contributed by atoms with Gasteiger partial charge in [-0.25, -0.2) is 0 Å². The van der Waals surface area contributed by atoms with Crippen molar-refractivity contribution in [2.45, 2.75) is 46.4 Å². The van der Waals surface area contributed by atoms with Crippen LogP contribution in [-0.2, 0) is 19.6 Å². The van der Waals surface area contributed by atoms with E-state index >= 15 is 0 Å². The molecule has 0 aliphatic heterocycles. The molecule has 4 nitrogen and oxygen atoms in total. The van der Waals surface area contributed by atoms with Crippen LogP contribution in [0.25, 0.3) is 0 Å². The highest BCUT2D eigenvalue weighted by molar-refractivity contribution is 5.17. The molecule has 2 aromatic rings. The second kappa shape index (κ2) is 7.31. The largest absolute Gasteiger partial charge is 0.468 e. The first-order valence-electron chi connectivity index (χ1n) is 7.22. The molecule has 2 rings (SSSR count). The summed E-state index contributed by atoms with van der Waals surface area (Å²) in [5.74, 6) is 2.02. The number of hydrogen-bond acceptors (Lipinski definition) is 4. The fourth-order valence-corrected chi connectivity index (χ4v) is 2.08. The van der Waals surface area contributed by atoms with Gasteiger partial charge in [-0.15, -0.1) is 0 Å². The number of rotatable bonds is 8. The van der Waals surface area contributed by atoms with Gasteiger partial charge in [0.15, 0.2) is 0 Å². The quantitative estimate of drug-likeness (QED) is 0.802. The molecule has 0 bridgehead atoms. The van der Waals surface area contributed by atoms with E-state index in [0.717, 1.165) is 37.7 Å². The van der Waals surface area contributed by atoms with Crippen LogP contribution in [0.1, 0.15) is 37.9 Å². The molecule has 0 fully saturated rings. The van der Waals surface area contributed by atoms with Gasteiger partial charge in [0.05, 0.1) is 25.6 Å². The van der Waals surface area contributed by atoms with Crippen LogP contribution in [0.3, 0.4) is 0 Å². The Bertz CT molecular complexity index is 488. The maximum atomic E-state index is 5.64. The first-order valence-corrected chi connectivity index (χ1v) is 7.22. The van der Waals surface area contributed by atoms with Gasteiger partial charge in [-0.2, -0.15) is 0 Å². The van der Waals surface area contributed by atoms with Crippen molar-refractivity contribution in [3.8, 4) is 0 Å². The maximum absolute atomic E-state index is 5.64. The van der Waals surface area contributed by atoms with Crippen molar-refractivity contribution in [1.29, 1.82) is 0 Å². The zero-order valence-corrected chi connectivity index (χ0v) is 12.6. The standard InChI is InChI=1S/C16H24N2O2/c1-4-18(11-15-6-5-8-19-15)12-16-14(7-9-20-16)10-17-13(2)3/h5-9,13,17H,4,10-12H2,1-3H3. The molecule has 1 N–H and O–H groups in total. The SMILES string of the molecule is CCN(Cc1ccco1)Cc1occc1CNC(C)C. The number of nitrogens with zero attached hydrogens (tertiary/aromatic N) is 1. The third kappa shape index (κ3) is 4.25. The Morgan fingerprint density at radius 1 is 1.15 bits per heavy atom. The minimum absolute atomic E-state index is 0.475. The molecule has 0 aliphatic rings. The van der Waals surface area contributed by atoms with Gasteiger partial charge >= 0.3 is 0 Å². The van der Waals surface area contributed by atoms with Gasteiger partial charge in [0.25, 0.3) is 0 Å². The summed E-state index contributed by atoms with van der Waals surface area (Å²) in [6.07, 6.45) is 3.49. The Balaban J connectivity index is 1.95. The van der Waals surface area contributed by atoms with Crippen LogP contribution in [0.5, 0.6) is 0 Å². The molecule has 0 saturated heterocycles. The molecule has 0 aromatic carbocycles. The smallest absolute Gasteiger partial charge is 0.122 e. The van der Waals surface area contributed by atoms with Gasteiger partial charge < -0.3 is 14.2 Å². The van der Waals surface area contributed by atoms with E-state index in [2.05, 4.69) is 31.0 Å². The molecular formula is C16H24N2O2. The van der Waals surface area contributed by atoms with Gasteiger partial charge in [-0.1, -0.05) is 20.8 Å². The predicted octanol–water partition coefficient (Wildman–Crippen LogP) is 3.39. The monoisotopic (exact) mass is 276 g/mol. The lowest BCUT2D eigenvalue weighted by Gasteiger charge is -2.18. The topological polar surface area (TPSA) is 41.6 Å². The zero-order chi connectivity index (χ0) is 14.4.